The summed E-state index contributed by atoms with van der Waals surface area (Å²) in [7, 11) is 0. The van der Waals surface area contributed by atoms with Gasteiger partial charge in [-0.2, -0.15) is 0 Å². The molecule has 4 nitrogen and oxygen atoms in total. The fraction of sp³-hybridized carbons (Fsp3) is 0.688. The van der Waals surface area contributed by atoms with Crippen LogP contribution < -0.4 is 10.6 Å². The fourth-order valence-electron chi connectivity index (χ4n) is 2.77. The lowest BCUT2D eigenvalue weighted by molar-refractivity contribution is -0.121. The molecule has 1 atom stereocenters. The third kappa shape index (κ3) is 5.37. The van der Waals surface area contributed by atoms with Gasteiger partial charge in [0.1, 0.15) is 5.76 Å². The second-order valence-corrected chi connectivity index (χ2v) is 5.82. The van der Waals surface area contributed by atoms with Crippen molar-refractivity contribution in [1.29, 1.82) is 0 Å². The SMILES string of the molecule is CC(Cc1ccco1)NCC(=O)NC1CCCCCC1. The lowest BCUT2D eigenvalue weighted by Gasteiger charge is -2.18. The number of carbonyl (C=O) groups is 1. The Labute approximate surface area is 121 Å². The maximum absolute atomic E-state index is 11.9. The van der Waals surface area contributed by atoms with Gasteiger partial charge in [0.25, 0.3) is 0 Å². The molecule has 2 rings (SSSR count). The molecule has 4 heteroatoms. The van der Waals surface area contributed by atoms with E-state index < -0.39 is 0 Å². The Bertz CT molecular complexity index is 381. The third-order valence-corrected chi connectivity index (χ3v) is 3.92. The average molecular weight is 278 g/mol. The van der Waals surface area contributed by atoms with Crippen molar-refractivity contribution in [2.45, 2.75) is 64.0 Å². The van der Waals surface area contributed by atoms with Crippen molar-refractivity contribution in [1.82, 2.24) is 10.6 Å². The lowest BCUT2D eigenvalue weighted by Crippen LogP contribution is -2.42. The van der Waals surface area contributed by atoms with E-state index in [0.717, 1.165) is 25.0 Å². The molecule has 112 valence electrons. The smallest absolute Gasteiger partial charge is 0.234 e. The molecule has 1 amide bonds. The van der Waals surface area contributed by atoms with Crippen LogP contribution in [0, 0.1) is 0 Å². The molecule has 1 heterocycles. The number of furan rings is 1. The Morgan fingerprint density at radius 3 is 2.75 bits per heavy atom. The van der Waals surface area contributed by atoms with E-state index in [0.29, 0.717) is 12.6 Å². The van der Waals surface area contributed by atoms with Crippen LogP contribution in [0.4, 0.5) is 0 Å². The second kappa shape index (κ2) is 8.10. The molecule has 0 radical (unpaired) electrons. The summed E-state index contributed by atoms with van der Waals surface area (Å²) < 4.78 is 5.31. The number of rotatable bonds is 6. The molecule has 2 N–H and O–H groups in total. The summed E-state index contributed by atoms with van der Waals surface area (Å²) in [5, 5.41) is 6.40. The van der Waals surface area contributed by atoms with Crippen molar-refractivity contribution in [3.63, 3.8) is 0 Å². The first-order chi connectivity index (χ1) is 9.74. The van der Waals surface area contributed by atoms with Gasteiger partial charge in [-0.25, -0.2) is 0 Å². The Balaban J connectivity index is 1.63. The zero-order chi connectivity index (χ0) is 14.2. The highest BCUT2D eigenvalue weighted by Gasteiger charge is 2.15. The normalized spacial score (nSPS) is 18.4. The molecular formula is C16H26N2O2. The van der Waals surface area contributed by atoms with E-state index >= 15 is 0 Å². The molecule has 1 fully saturated rings. The largest absolute Gasteiger partial charge is 0.469 e. The molecule has 1 saturated carbocycles. The molecule has 1 aromatic rings. The molecular weight excluding hydrogens is 252 g/mol. The van der Waals surface area contributed by atoms with Gasteiger partial charge in [-0.05, 0) is 31.9 Å². The van der Waals surface area contributed by atoms with Crippen molar-refractivity contribution in [2.75, 3.05) is 6.54 Å². The summed E-state index contributed by atoms with van der Waals surface area (Å²) in [4.78, 5) is 11.9. The van der Waals surface area contributed by atoms with Crippen molar-refractivity contribution in [3.8, 4) is 0 Å². The van der Waals surface area contributed by atoms with Gasteiger partial charge < -0.3 is 15.1 Å². The van der Waals surface area contributed by atoms with Crippen molar-refractivity contribution in [3.05, 3.63) is 24.2 Å². The van der Waals surface area contributed by atoms with Crippen LogP contribution in [-0.4, -0.2) is 24.5 Å². The summed E-state index contributed by atoms with van der Waals surface area (Å²) in [6.07, 6.45) is 9.86. The fourth-order valence-corrected chi connectivity index (χ4v) is 2.77. The summed E-state index contributed by atoms with van der Waals surface area (Å²) in [6.45, 7) is 2.46. The van der Waals surface area contributed by atoms with Gasteiger partial charge in [0.2, 0.25) is 5.91 Å². The standard InChI is InChI=1S/C16H26N2O2/c1-13(11-15-9-6-10-20-15)17-12-16(19)18-14-7-4-2-3-5-8-14/h6,9-10,13-14,17H,2-5,7-8,11-12H2,1H3,(H,18,19). The van der Waals surface area contributed by atoms with E-state index in [1.165, 1.54) is 25.7 Å². The van der Waals surface area contributed by atoms with Crippen molar-refractivity contribution in [2.24, 2.45) is 0 Å². The highest BCUT2D eigenvalue weighted by atomic mass is 16.3. The lowest BCUT2D eigenvalue weighted by atomic mass is 10.1. The molecule has 1 aliphatic rings. The van der Waals surface area contributed by atoms with Gasteiger partial charge in [-0.3, -0.25) is 4.79 Å². The summed E-state index contributed by atoms with van der Waals surface area (Å²) >= 11 is 0. The minimum atomic E-state index is 0.114. The number of hydrogen-bond acceptors (Lipinski definition) is 3. The minimum absolute atomic E-state index is 0.114. The first-order valence-electron chi connectivity index (χ1n) is 7.79. The van der Waals surface area contributed by atoms with Crippen molar-refractivity contribution < 1.29 is 9.21 Å². The molecule has 0 spiro atoms. The number of nitrogens with one attached hydrogen (secondary N) is 2. The summed E-state index contributed by atoms with van der Waals surface area (Å²) in [5.74, 6) is 1.07. The molecule has 0 bridgehead atoms. The van der Waals surface area contributed by atoms with Crippen molar-refractivity contribution >= 4 is 5.91 Å². The monoisotopic (exact) mass is 278 g/mol. The van der Waals surface area contributed by atoms with Crippen LogP contribution in [0.25, 0.3) is 0 Å². The minimum Gasteiger partial charge on any atom is -0.469 e. The summed E-state index contributed by atoms with van der Waals surface area (Å²) in [6, 6.07) is 4.47. The number of hydrogen-bond donors (Lipinski definition) is 2. The highest BCUT2D eigenvalue weighted by Crippen LogP contribution is 2.16. The first-order valence-corrected chi connectivity index (χ1v) is 7.79. The van der Waals surface area contributed by atoms with Crippen LogP contribution in [0.1, 0.15) is 51.2 Å². The van der Waals surface area contributed by atoms with Crippen LogP contribution in [0.5, 0.6) is 0 Å². The summed E-state index contributed by atoms with van der Waals surface area (Å²) in [5.41, 5.74) is 0. The van der Waals surface area contributed by atoms with Crippen LogP contribution in [0.2, 0.25) is 0 Å². The molecule has 0 aromatic carbocycles. The average Bonchev–Trinajstić information content (AvgIpc) is 2.80. The van der Waals surface area contributed by atoms with Gasteiger partial charge >= 0.3 is 0 Å². The predicted molar refractivity (Wildman–Crippen MR) is 79.5 cm³/mol. The van der Waals surface area contributed by atoms with E-state index in [1.807, 2.05) is 12.1 Å². The topological polar surface area (TPSA) is 54.3 Å². The molecule has 1 aromatic heterocycles. The molecule has 0 saturated heterocycles. The van der Waals surface area contributed by atoms with E-state index in [4.69, 9.17) is 4.42 Å². The van der Waals surface area contributed by atoms with Crippen LogP contribution in [0.3, 0.4) is 0 Å². The van der Waals surface area contributed by atoms with Gasteiger partial charge in [0.15, 0.2) is 0 Å². The Morgan fingerprint density at radius 1 is 1.35 bits per heavy atom. The van der Waals surface area contributed by atoms with Gasteiger partial charge in [0.05, 0.1) is 12.8 Å². The molecule has 1 unspecified atom stereocenters. The van der Waals surface area contributed by atoms with Crippen LogP contribution in [0.15, 0.2) is 22.8 Å². The van der Waals surface area contributed by atoms with Gasteiger partial charge in [-0.1, -0.05) is 25.7 Å². The maximum atomic E-state index is 11.9. The van der Waals surface area contributed by atoms with Gasteiger partial charge in [0, 0.05) is 18.5 Å². The van der Waals surface area contributed by atoms with Crippen LogP contribution >= 0.6 is 0 Å². The van der Waals surface area contributed by atoms with Gasteiger partial charge in [-0.15, -0.1) is 0 Å². The molecule has 1 aliphatic carbocycles. The predicted octanol–water partition coefficient (Wildman–Crippen LogP) is 2.64. The maximum Gasteiger partial charge on any atom is 0.234 e. The highest BCUT2D eigenvalue weighted by molar-refractivity contribution is 5.78. The zero-order valence-electron chi connectivity index (χ0n) is 12.4. The Morgan fingerprint density at radius 2 is 2.10 bits per heavy atom. The Kier molecular flexibility index (Phi) is 6.12. The van der Waals surface area contributed by atoms with E-state index in [-0.39, 0.29) is 11.9 Å². The van der Waals surface area contributed by atoms with E-state index in [1.54, 1.807) is 6.26 Å². The second-order valence-electron chi connectivity index (χ2n) is 5.82. The molecule has 20 heavy (non-hydrogen) atoms. The van der Waals surface area contributed by atoms with E-state index in [9.17, 15) is 4.79 Å². The van der Waals surface area contributed by atoms with E-state index in [2.05, 4.69) is 17.6 Å². The zero-order valence-corrected chi connectivity index (χ0v) is 12.4. The van der Waals surface area contributed by atoms with Crippen LogP contribution in [-0.2, 0) is 11.2 Å². The third-order valence-electron chi connectivity index (χ3n) is 3.92. The first kappa shape index (κ1) is 15.1. The number of amides is 1. The number of carbonyl (C=O) groups excluding carboxylic acids is 1. The molecule has 0 aliphatic heterocycles. The Hall–Kier alpha value is -1.29. The quantitative estimate of drug-likeness (QED) is 0.787.